The fourth-order valence-electron chi connectivity index (χ4n) is 1.52. The third kappa shape index (κ3) is 2.57. The number of aromatic nitrogens is 1. The van der Waals surface area contributed by atoms with E-state index < -0.39 is 5.95 Å². The van der Waals surface area contributed by atoms with Gasteiger partial charge in [0.2, 0.25) is 5.95 Å². The molecule has 0 spiro atoms. The van der Waals surface area contributed by atoms with Crippen molar-refractivity contribution in [3.8, 4) is 0 Å². The second-order valence-electron chi connectivity index (χ2n) is 3.65. The number of pyridine rings is 1. The molecular weight excluding hydrogens is 203 g/mol. The number of anilines is 1. The first-order chi connectivity index (χ1) is 7.75. The van der Waals surface area contributed by atoms with Gasteiger partial charge in [-0.15, -0.1) is 0 Å². The minimum absolute atomic E-state index is 0.463. The molecule has 1 N–H and O–H groups in total. The van der Waals surface area contributed by atoms with Crippen LogP contribution in [0.4, 0.5) is 10.1 Å². The number of hydrogen-bond donors (Lipinski definition) is 1. The molecular formula is C13H13FN2. The quantitative estimate of drug-likeness (QED) is 0.797. The van der Waals surface area contributed by atoms with Crippen LogP contribution in [0.25, 0.3) is 0 Å². The topological polar surface area (TPSA) is 24.9 Å². The van der Waals surface area contributed by atoms with Crippen LogP contribution in [0.15, 0.2) is 42.6 Å². The summed E-state index contributed by atoms with van der Waals surface area (Å²) in [5.41, 5.74) is 3.18. The smallest absolute Gasteiger partial charge is 0.214 e. The van der Waals surface area contributed by atoms with E-state index in [0.717, 1.165) is 5.69 Å². The first-order valence-corrected chi connectivity index (χ1v) is 5.15. The summed E-state index contributed by atoms with van der Waals surface area (Å²) in [6.45, 7) is 2.75. The van der Waals surface area contributed by atoms with Crippen molar-refractivity contribution in [2.24, 2.45) is 0 Å². The SMILES string of the molecule is Cc1ccccc1CNc1ccnc(F)c1. The molecule has 2 rings (SSSR count). The molecule has 0 bridgehead atoms. The summed E-state index contributed by atoms with van der Waals surface area (Å²) in [5, 5.41) is 3.16. The van der Waals surface area contributed by atoms with Gasteiger partial charge in [0.1, 0.15) is 0 Å². The lowest BCUT2D eigenvalue weighted by molar-refractivity contribution is 0.584. The summed E-state index contributed by atoms with van der Waals surface area (Å²) in [5.74, 6) is -0.463. The fraction of sp³-hybridized carbons (Fsp3) is 0.154. The van der Waals surface area contributed by atoms with Gasteiger partial charge in [0, 0.05) is 24.5 Å². The average Bonchev–Trinajstić information content (AvgIpc) is 2.28. The molecule has 1 aromatic heterocycles. The molecule has 0 atom stereocenters. The zero-order valence-electron chi connectivity index (χ0n) is 9.07. The molecule has 0 saturated carbocycles. The standard InChI is InChI=1S/C13H13FN2/c1-10-4-2-3-5-11(10)9-16-12-6-7-15-13(14)8-12/h2-8H,9H2,1H3,(H,15,16). The molecule has 2 aromatic rings. The van der Waals surface area contributed by atoms with E-state index in [4.69, 9.17) is 0 Å². The third-order valence-electron chi connectivity index (χ3n) is 2.47. The maximum atomic E-state index is 12.8. The minimum atomic E-state index is -0.463. The Bertz CT molecular complexity index is 483. The number of halogens is 1. The number of nitrogens with one attached hydrogen (secondary N) is 1. The van der Waals surface area contributed by atoms with Crippen molar-refractivity contribution < 1.29 is 4.39 Å². The lowest BCUT2D eigenvalue weighted by Gasteiger charge is -2.08. The van der Waals surface area contributed by atoms with Gasteiger partial charge in [-0.3, -0.25) is 0 Å². The Morgan fingerprint density at radius 3 is 2.81 bits per heavy atom. The van der Waals surface area contributed by atoms with Crippen molar-refractivity contribution in [3.63, 3.8) is 0 Å². The normalized spacial score (nSPS) is 10.1. The molecule has 3 heteroatoms. The number of nitrogens with zero attached hydrogens (tertiary/aromatic N) is 1. The zero-order chi connectivity index (χ0) is 11.4. The molecule has 0 aliphatic carbocycles. The Labute approximate surface area is 94.2 Å². The lowest BCUT2D eigenvalue weighted by Crippen LogP contribution is -2.01. The highest BCUT2D eigenvalue weighted by molar-refractivity contribution is 5.42. The summed E-state index contributed by atoms with van der Waals surface area (Å²) in [6, 6.07) is 11.3. The fourth-order valence-corrected chi connectivity index (χ4v) is 1.52. The maximum Gasteiger partial charge on any atom is 0.214 e. The van der Waals surface area contributed by atoms with E-state index >= 15 is 0 Å². The van der Waals surface area contributed by atoms with Crippen LogP contribution in [0.1, 0.15) is 11.1 Å². The molecule has 0 saturated heterocycles. The molecule has 2 nitrogen and oxygen atoms in total. The highest BCUT2D eigenvalue weighted by Crippen LogP contribution is 2.11. The Balaban J connectivity index is 2.05. The Kier molecular flexibility index (Phi) is 3.15. The van der Waals surface area contributed by atoms with Crippen LogP contribution >= 0.6 is 0 Å². The molecule has 0 amide bonds. The van der Waals surface area contributed by atoms with Crippen molar-refractivity contribution in [3.05, 3.63) is 59.7 Å². The van der Waals surface area contributed by atoms with Crippen LogP contribution in [-0.4, -0.2) is 4.98 Å². The number of aryl methyl sites for hydroxylation is 1. The van der Waals surface area contributed by atoms with Gasteiger partial charge in [0.15, 0.2) is 0 Å². The van der Waals surface area contributed by atoms with Gasteiger partial charge in [0.05, 0.1) is 0 Å². The monoisotopic (exact) mass is 216 g/mol. The lowest BCUT2D eigenvalue weighted by atomic mass is 10.1. The van der Waals surface area contributed by atoms with Crippen molar-refractivity contribution in [2.45, 2.75) is 13.5 Å². The van der Waals surface area contributed by atoms with Crippen LogP contribution in [0.3, 0.4) is 0 Å². The highest BCUT2D eigenvalue weighted by atomic mass is 19.1. The molecule has 16 heavy (non-hydrogen) atoms. The van der Waals surface area contributed by atoms with Crippen molar-refractivity contribution in [2.75, 3.05) is 5.32 Å². The van der Waals surface area contributed by atoms with Gasteiger partial charge in [0.25, 0.3) is 0 Å². The Morgan fingerprint density at radius 1 is 1.25 bits per heavy atom. The van der Waals surface area contributed by atoms with Gasteiger partial charge < -0.3 is 5.32 Å². The molecule has 1 heterocycles. The molecule has 82 valence electrons. The van der Waals surface area contributed by atoms with Crippen LogP contribution in [0.5, 0.6) is 0 Å². The predicted molar refractivity (Wildman–Crippen MR) is 62.7 cm³/mol. The van der Waals surface area contributed by atoms with E-state index in [1.807, 2.05) is 12.1 Å². The third-order valence-corrected chi connectivity index (χ3v) is 2.47. The van der Waals surface area contributed by atoms with Gasteiger partial charge in [-0.2, -0.15) is 4.39 Å². The predicted octanol–water partition coefficient (Wildman–Crippen LogP) is 3.14. The summed E-state index contributed by atoms with van der Waals surface area (Å²) in [7, 11) is 0. The second kappa shape index (κ2) is 4.75. The van der Waals surface area contributed by atoms with Gasteiger partial charge >= 0.3 is 0 Å². The van der Waals surface area contributed by atoms with Gasteiger partial charge in [-0.1, -0.05) is 24.3 Å². The summed E-state index contributed by atoms with van der Waals surface area (Å²) >= 11 is 0. The van der Waals surface area contributed by atoms with Crippen LogP contribution in [0.2, 0.25) is 0 Å². The van der Waals surface area contributed by atoms with E-state index in [2.05, 4.69) is 29.4 Å². The largest absolute Gasteiger partial charge is 0.381 e. The molecule has 0 fully saturated rings. The number of rotatable bonds is 3. The van der Waals surface area contributed by atoms with Crippen LogP contribution in [-0.2, 0) is 6.54 Å². The number of hydrogen-bond acceptors (Lipinski definition) is 2. The zero-order valence-corrected chi connectivity index (χ0v) is 9.07. The van der Waals surface area contributed by atoms with E-state index in [-0.39, 0.29) is 0 Å². The van der Waals surface area contributed by atoms with E-state index in [9.17, 15) is 4.39 Å². The minimum Gasteiger partial charge on any atom is -0.381 e. The van der Waals surface area contributed by atoms with E-state index in [1.165, 1.54) is 23.4 Å². The molecule has 0 aliphatic heterocycles. The van der Waals surface area contributed by atoms with E-state index in [1.54, 1.807) is 6.07 Å². The van der Waals surface area contributed by atoms with Crippen LogP contribution < -0.4 is 5.32 Å². The van der Waals surface area contributed by atoms with Crippen molar-refractivity contribution in [1.82, 2.24) is 4.98 Å². The second-order valence-corrected chi connectivity index (χ2v) is 3.65. The van der Waals surface area contributed by atoms with Crippen molar-refractivity contribution >= 4 is 5.69 Å². The summed E-state index contributed by atoms with van der Waals surface area (Å²) < 4.78 is 12.8. The van der Waals surface area contributed by atoms with Crippen LogP contribution in [0, 0.1) is 12.9 Å². The average molecular weight is 216 g/mol. The summed E-state index contributed by atoms with van der Waals surface area (Å²) in [4.78, 5) is 3.51. The number of benzene rings is 1. The maximum absolute atomic E-state index is 12.8. The molecule has 1 aromatic carbocycles. The molecule has 0 radical (unpaired) electrons. The van der Waals surface area contributed by atoms with Gasteiger partial charge in [-0.25, -0.2) is 4.98 Å². The van der Waals surface area contributed by atoms with Crippen molar-refractivity contribution in [1.29, 1.82) is 0 Å². The first-order valence-electron chi connectivity index (χ1n) is 5.15. The Hall–Kier alpha value is -1.90. The first kappa shape index (κ1) is 10.6. The highest BCUT2D eigenvalue weighted by Gasteiger charge is 1.98. The molecule has 0 aliphatic rings. The Morgan fingerprint density at radius 2 is 2.06 bits per heavy atom. The van der Waals surface area contributed by atoms with E-state index in [0.29, 0.717) is 6.54 Å². The van der Waals surface area contributed by atoms with Gasteiger partial charge in [-0.05, 0) is 24.1 Å². The summed E-state index contributed by atoms with van der Waals surface area (Å²) in [6.07, 6.45) is 1.45. The molecule has 0 unspecified atom stereocenters.